The lowest BCUT2D eigenvalue weighted by Crippen LogP contribution is -2.49. The molecule has 1 fully saturated rings. The molecule has 0 spiro atoms. The van der Waals surface area contributed by atoms with Crippen molar-refractivity contribution in [3.63, 3.8) is 0 Å². The Hall–Kier alpha value is -3.68. The number of hydrogen-bond acceptors (Lipinski definition) is 8. The third kappa shape index (κ3) is 7.02. The van der Waals surface area contributed by atoms with E-state index in [4.69, 9.17) is 20.9 Å². The Morgan fingerprint density at radius 2 is 1.79 bits per heavy atom. The number of rotatable bonds is 11. The number of amides is 1. The van der Waals surface area contributed by atoms with Gasteiger partial charge >= 0.3 is 0 Å². The number of ether oxygens (including phenoxy) is 1. The molecule has 1 saturated heterocycles. The van der Waals surface area contributed by atoms with Crippen LogP contribution in [0.15, 0.2) is 77.7 Å². The normalized spacial score (nSPS) is 15.1. The summed E-state index contributed by atoms with van der Waals surface area (Å²) in [5, 5.41) is 8.41. The van der Waals surface area contributed by atoms with Crippen molar-refractivity contribution >= 4 is 43.3 Å². The first-order valence-corrected chi connectivity index (χ1v) is 16.0. The number of fused-ring (bicyclic) bond motifs is 1. The molecule has 5 rings (SSSR count). The summed E-state index contributed by atoms with van der Waals surface area (Å²) in [6.45, 7) is 4.06. The number of para-hydroxylation sites is 1. The average Bonchev–Trinajstić information content (AvgIpc) is 3.44. The molecule has 10 nitrogen and oxygen atoms in total. The van der Waals surface area contributed by atoms with Crippen LogP contribution in [0.5, 0.6) is 0 Å². The number of nitrogens with zero attached hydrogens (tertiary/aromatic N) is 3. The zero-order valence-corrected chi connectivity index (χ0v) is 25.0. The number of hydrogen-bond donors (Lipinski definition) is 3. The van der Waals surface area contributed by atoms with Crippen molar-refractivity contribution in [1.29, 1.82) is 5.41 Å². The van der Waals surface area contributed by atoms with Gasteiger partial charge in [0.25, 0.3) is 5.91 Å². The molecule has 2 heterocycles. The van der Waals surface area contributed by atoms with Gasteiger partial charge in [-0.2, -0.15) is 0 Å². The topological polar surface area (TPSA) is 142 Å². The number of amidine groups is 1. The van der Waals surface area contributed by atoms with Gasteiger partial charge in [0.05, 0.1) is 27.8 Å². The molecule has 4 N–H and O–H groups in total. The molecule has 1 aliphatic heterocycles. The van der Waals surface area contributed by atoms with Crippen LogP contribution in [0.4, 0.5) is 0 Å². The molecule has 1 amide bonds. The SMILES string of the molecule is COCCN1CCN(C(=O)c2cccc(S(=O)(=O)NC(Cc3cccc(C(=N)N)c3)c3nc4ccccc4s3)c2)CC1. The Labute approximate surface area is 249 Å². The molecule has 0 saturated carbocycles. The Balaban J connectivity index is 1.38. The van der Waals surface area contributed by atoms with Crippen molar-refractivity contribution in [3.05, 3.63) is 94.5 Å². The molecule has 1 atom stereocenters. The lowest BCUT2D eigenvalue weighted by atomic mass is 10.0. The molecule has 0 bridgehead atoms. The van der Waals surface area contributed by atoms with Gasteiger partial charge in [-0.25, -0.2) is 18.1 Å². The molecule has 1 unspecified atom stereocenters. The van der Waals surface area contributed by atoms with E-state index in [1.54, 1.807) is 42.3 Å². The van der Waals surface area contributed by atoms with Gasteiger partial charge in [-0.05, 0) is 48.4 Å². The second-order valence-electron chi connectivity index (χ2n) is 10.2. The van der Waals surface area contributed by atoms with Crippen LogP contribution in [-0.4, -0.2) is 81.4 Å². The average molecular weight is 607 g/mol. The van der Waals surface area contributed by atoms with Crippen molar-refractivity contribution in [2.24, 2.45) is 5.73 Å². The fourth-order valence-electron chi connectivity index (χ4n) is 4.95. The van der Waals surface area contributed by atoms with Crippen LogP contribution in [0.2, 0.25) is 0 Å². The number of carbonyl (C=O) groups excluding carboxylic acids is 1. The maximum atomic E-state index is 13.8. The number of benzene rings is 3. The molecule has 220 valence electrons. The molecule has 3 aromatic carbocycles. The fourth-order valence-corrected chi connectivity index (χ4v) is 7.29. The van der Waals surface area contributed by atoms with E-state index in [2.05, 4.69) is 9.62 Å². The third-order valence-corrected chi connectivity index (χ3v) is 9.87. The lowest BCUT2D eigenvalue weighted by Gasteiger charge is -2.34. The van der Waals surface area contributed by atoms with Crippen LogP contribution in [0, 0.1) is 5.41 Å². The summed E-state index contributed by atoms with van der Waals surface area (Å²) < 4.78 is 36.5. The van der Waals surface area contributed by atoms with E-state index in [-0.39, 0.29) is 16.6 Å². The zero-order chi connectivity index (χ0) is 29.7. The van der Waals surface area contributed by atoms with E-state index >= 15 is 0 Å². The summed E-state index contributed by atoms with van der Waals surface area (Å²) >= 11 is 1.43. The molecule has 12 heteroatoms. The highest BCUT2D eigenvalue weighted by Crippen LogP contribution is 2.30. The third-order valence-electron chi connectivity index (χ3n) is 7.25. The Morgan fingerprint density at radius 3 is 2.52 bits per heavy atom. The zero-order valence-electron chi connectivity index (χ0n) is 23.3. The van der Waals surface area contributed by atoms with E-state index in [1.165, 1.54) is 23.5 Å². The highest BCUT2D eigenvalue weighted by Gasteiger charge is 2.27. The minimum absolute atomic E-state index is 0.00989. The first-order valence-electron chi connectivity index (χ1n) is 13.7. The maximum absolute atomic E-state index is 13.8. The number of nitrogen functional groups attached to an aromatic ring is 1. The summed E-state index contributed by atoms with van der Waals surface area (Å²) in [4.78, 5) is 22.0. The molecule has 1 aromatic heterocycles. The van der Waals surface area contributed by atoms with Gasteiger partial charge in [0.15, 0.2) is 0 Å². The summed E-state index contributed by atoms with van der Waals surface area (Å²) in [7, 11) is -2.37. The van der Waals surface area contributed by atoms with E-state index in [0.29, 0.717) is 42.3 Å². The highest BCUT2D eigenvalue weighted by molar-refractivity contribution is 7.89. The van der Waals surface area contributed by atoms with Crippen LogP contribution in [0.3, 0.4) is 0 Å². The quantitative estimate of drug-likeness (QED) is 0.176. The van der Waals surface area contributed by atoms with Gasteiger partial charge in [0.2, 0.25) is 10.0 Å². The van der Waals surface area contributed by atoms with Crippen LogP contribution in [-0.2, 0) is 21.2 Å². The number of methoxy groups -OCH3 is 1. The second-order valence-corrected chi connectivity index (χ2v) is 12.9. The number of thiazole rings is 1. The lowest BCUT2D eigenvalue weighted by molar-refractivity contribution is 0.0594. The van der Waals surface area contributed by atoms with Crippen molar-refractivity contribution in [2.75, 3.05) is 46.4 Å². The van der Waals surface area contributed by atoms with E-state index in [0.717, 1.165) is 35.4 Å². The van der Waals surface area contributed by atoms with Crippen LogP contribution in [0.25, 0.3) is 10.2 Å². The first kappa shape index (κ1) is 29.8. The monoisotopic (exact) mass is 606 g/mol. The molecule has 4 aromatic rings. The largest absolute Gasteiger partial charge is 0.384 e. The molecule has 0 radical (unpaired) electrons. The van der Waals surface area contributed by atoms with Gasteiger partial charge in [-0.1, -0.05) is 36.4 Å². The summed E-state index contributed by atoms with van der Waals surface area (Å²) in [5.74, 6) is -0.256. The number of piperazine rings is 1. The summed E-state index contributed by atoms with van der Waals surface area (Å²) in [6.07, 6.45) is 0.298. The maximum Gasteiger partial charge on any atom is 0.253 e. The predicted octanol–water partition coefficient (Wildman–Crippen LogP) is 3.25. The van der Waals surface area contributed by atoms with Crippen molar-refractivity contribution in [3.8, 4) is 0 Å². The number of aromatic nitrogens is 1. The summed E-state index contributed by atoms with van der Waals surface area (Å²) in [5.41, 5.74) is 8.18. The molecular weight excluding hydrogens is 573 g/mol. The summed E-state index contributed by atoms with van der Waals surface area (Å²) in [6, 6.07) is 20.3. The van der Waals surface area contributed by atoms with E-state index in [9.17, 15) is 13.2 Å². The molecule has 1 aliphatic rings. The minimum Gasteiger partial charge on any atom is -0.384 e. The van der Waals surface area contributed by atoms with Gasteiger partial charge in [-0.3, -0.25) is 15.1 Å². The van der Waals surface area contributed by atoms with Gasteiger partial charge in [-0.15, -0.1) is 11.3 Å². The van der Waals surface area contributed by atoms with Crippen LogP contribution < -0.4 is 10.5 Å². The number of sulfonamides is 1. The van der Waals surface area contributed by atoms with Gasteiger partial charge < -0.3 is 15.4 Å². The first-order chi connectivity index (χ1) is 20.2. The molecular formula is C30H34N6O4S2. The van der Waals surface area contributed by atoms with Crippen molar-refractivity contribution < 1.29 is 17.9 Å². The fraction of sp³-hybridized carbons (Fsp3) is 0.300. The number of carbonyl (C=O) groups is 1. The van der Waals surface area contributed by atoms with E-state index < -0.39 is 16.1 Å². The Bertz CT molecular complexity index is 1650. The standard InChI is InChI=1S/C30H34N6O4S2/c1-40-17-16-35-12-14-36(15-13-35)30(37)23-8-5-9-24(20-23)42(38,39)34-26(19-21-6-4-7-22(18-21)28(31)32)29-33-25-10-2-3-11-27(25)41-29/h2-11,18,20,26,34H,12-17,19H2,1H3,(H3,31,32). The number of nitrogens with two attached hydrogens (primary N) is 1. The smallest absolute Gasteiger partial charge is 0.253 e. The van der Waals surface area contributed by atoms with E-state index in [1.807, 2.05) is 30.3 Å². The molecule has 42 heavy (non-hydrogen) atoms. The van der Waals surface area contributed by atoms with Crippen molar-refractivity contribution in [2.45, 2.75) is 17.4 Å². The second kappa shape index (κ2) is 13.1. The number of nitrogens with one attached hydrogen (secondary N) is 2. The Kier molecular flexibility index (Phi) is 9.29. The Morgan fingerprint density at radius 1 is 1.05 bits per heavy atom. The van der Waals surface area contributed by atoms with Gasteiger partial charge in [0, 0.05) is 51.0 Å². The van der Waals surface area contributed by atoms with Crippen LogP contribution >= 0.6 is 11.3 Å². The van der Waals surface area contributed by atoms with Gasteiger partial charge in [0.1, 0.15) is 10.8 Å². The van der Waals surface area contributed by atoms with Crippen LogP contribution in [0.1, 0.15) is 32.5 Å². The minimum atomic E-state index is -4.04. The highest BCUT2D eigenvalue weighted by atomic mass is 32.2. The van der Waals surface area contributed by atoms with Crippen molar-refractivity contribution in [1.82, 2.24) is 19.5 Å². The molecule has 0 aliphatic carbocycles. The predicted molar refractivity (Wildman–Crippen MR) is 165 cm³/mol.